The average molecular weight is 613 g/mol. The molecular formula is C46H32N2. The highest BCUT2D eigenvalue weighted by Crippen LogP contribution is 2.41. The number of aromatic nitrogens is 1. The quantitative estimate of drug-likeness (QED) is 0.181. The molecule has 0 saturated heterocycles. The number of para-hydroxylation sites is 2. The predicted molar refractivity (Wildman–Crippen MR) is 204 cm³/mol. The predicted octanol–water partition coefficient (Wildman–Crippen LogP) is 12.7. The summed E-state index contributed by atoms with van der Waals surface area (Å²) >= 11 is 0. The third-order valence-electron chi connectivity index (χ3n) is 9.33. The minimum absolute atomic E-state index is 1.11. The number of fused-ring (bicyclic) bond motifs is 4. The second-order valence-electron chi connectivity index (χ2n) is 12.3. The van der Waals surface area contributed by atoms with Crippen LogP contribution in [-0.2, 0) is 0 Å². The zero-order chi connectivity index (χ0) is 31.9. The molecule has 0 unspecified atom stereocenters. The number of rotatable bonds is 6. The molecule has 0 fully saturated rings. The number of nitrogens with zero attached hydrogens (tertiary/aromatic N) is 2. The van der Waals surface area contributed by atoms with E-state index in [4.69, 9.17) is 0 Å². The van der Waals surface area contributed by atoms with E-state index >= 15 is 0 Å². The molecule has 2 heteroatoms. The molecule has 0 amide bonds. The molecule has 226 valence electrons. The Morgan fingerprint density at radius 2 is 0.854 bits per heavy atom. The highest BCUT2D eigenvalue weighted by atomic mass is 15.1. The van der Waals surface area contributed by atoms with E-state index < -0.39 is 0 Å². The minimum Gasteiger partial charge on any atom is -0.310 e. The molecule has 0 aliphatic carbocycles. The molecule has 0 N–H and O–H groups in total. The Morgan fingerprint density at radius 3 is 1.58 bits per heavy atom. The van der Waals surface area contributed by atoms with Gasteiger partial charge in [-0.3, -0.25) is 0 Å². The Bertz CT molecular complexity index is 2510. The van der Waals surface area contributed by atoms with Crippen LogP contribution in [0.3, 0.4) is 0 Å². The van der Waals surface area contributed by atoms with Crippen LogP contribution in [0.25, 0.3) is 60.5 Å². The van der Waals surface area contributed by atoms with Gasteiger partial charge in [-0.15, -0.1) is 0 Å². The van der Waals surface area contributed by atoms with E-state index in [1.807, 2.05) is 0 Å². The van der Waals surface area contributed by atoms with Crippen LogP contribution in [0.4, 0.5) is 17.1 Å². The largest absolute Gasteiger partial charge is 0.310 e. The zero-order valence-corrected chi connectivity index (χ0v) is 26.4. The number of benzene rings is 8. The molecule has 1 heterocycles. The van der Waals surface area contributed by atoms with Crippen molar-refractivity contribution >= 4 is 49.6 Å². The minimum atomic E-state index is 1.11. The van der Waals surface area contributed by atoms with E-state index in [2.05, 4.69) is 204 Å². The molecule has 0 aliphatic heterocycles. The van der Waals surface area contributed by atoms with Gasteiger partial charge in [0.25, 0.3) is 0 Å². The fourth-order valence-corrected chi connectivity index (χ4v) is 7.03. The molecular weight excluding hydrogens is 581 g/mol. The SMILES string of the molecule is c1ccc(-c2cccc(-n3c4cc(-c5ccc6ccccc6c5)ccc4c4ccc(N(c5ccccc5)c5ccccc5)cc43)c2)cc1. The first-order chi connectivity index (χ1) is 23.8. The fourth-order valence-electron chi connectivity index (χ4n) is 7.03. The highest BCUT2D eigenvalue weighted by Gasteiger charge is 2.18. The van der Waals surface area contributed by atoms with Crippen LogP contribution in [0.15, 0.2) is 194 Å². The van der Waals surface area contributed by atoms with Gasteiger partial charge in [0.2, 0.25) is 0 Å². The molecule has 48 heavy (non-hydrogen) atoms. The number of hydrogen-bond donors (Lipinski definition) is 0. The Kier molecular flexibility index (Phi) is 6.84. The molecule has 0 atom stereocenters. The summed E-state index contributed by atoms with van der Waals surface area (Å²) in [6, 6.07) is 69.9. The molecule has 0 radical (unpaired) electrons. The maximum absolute atomic E-state index is 2.44. The normalized spacial score (nSPS) is 11.3. The van der Waals surface area contributed by atoms with Crippen molar-refractivity contribution in [1.29, 1.82) is 0 Å². The summed E-state index contributed by atoms with van der Waals surface area (Å²) in [5, 5.41) is 4.96. The molecule has 0 bridgehead atoms. The van der Waals surface area contributed by atoms with Crippen LogP contribution in [0, 0.1) is 0 Å². The van der Waals surface area contributed by atoms with Gasteiger partial charge >= 0.3 is 0 Å². The summed E-state index contributed by atoms with van der Waals surface area (Å²) in [5.41, 5.74) is 11.7. The second-order valence-corrected chi connectivity index (χ2v) is 12.3. The molecule has 9 rings (SSSR count). The lowest BCUT2D eigenvalue weighted by molar-refractivity contribution is 1.18. The van der Waals surface area contributed by atoms with Crippen molar-refractivity contribution in [2.75, 3.05) is 4.90 Å². The molecule has 0 spiro atoms. The van der Waals surface area contributed by atoms with Gasteiger partial charge in [-0.05, 0) is 93.7 Å². The summed E-state index contributed by atoms with van der Waals surface area (Å²) in [4.78, 5) is 2.34. The van der Waals surface area contributed by atoms with E-state index in [1.54, 1.807) is 0 Å². The lowest BCUT2D eigenvalue weighted by Crippen LogP contribution is -2.09. The van der Waals surface area contributed by atoms with E-state index in [0.29, 0.717) is 0 Å². The van der Waals surface area contributed by atoms with Crippen molar-refractivity contribution in [1.82, 2.24) is 4.57 Å². The van der Waals surface area contributed by atoms with Crippen LogP contribution in [0.1, 0.15) is 0 Å². The van der Waals surface area contributed by atoms with Gasteiger partial charge in [-0.1, -0.05) is 133 Å². The van der Waals surface area contributed by atoms with E-state index in [-0.39, 0.29) is 0 Å². The summed E-state index contributed by atoms with van der Waals surface area (Å²) in [6.45, 7) is 0. The van der Waals surface area contributed by atoms with Crippen molar-refractivity contribution in [3.8, 4) is 27.9 Å². The van der Waals surface area contributed by atoms with Gasteiger partial charge < -0.3 is 9.47 Å². The van der Waals surface area contributed by atoms with Gasteiger partial charge in [0, 0.05) is 33.5 Å². The van der Waals surface area contributed by atoms with Gasteiger partial charge in [-0.2, -0.15) is 0 Å². The summed E-state index contributed by atoms with van der Waals surface area (Å²) in [6.07, 6.45) is 0. The molecule has 0 aliphatic rings. The monoisotopic (exact) mass is 612 g/mol. The topological polar surface area (TPSA) is 8.17 Å². The van der Waals surface area contributed by atoms with Crippen LogP contribution in [0.5, 0.6) is 0 Å². The summed E-state index contributed by atoms with van der Waals surface area (Å²) < 4.78 is 2.44. The summed E-state index contributed by atoms with van der Waals surface area (Å²) in [7, 11) is 0. The van der Waals surface area contributed by atoms with E-state index in [9.17, 15) is 0 Å². The average Bonchev–Trinajstić information content (AvgIpc) is 3.49. The smallest absolute Gasteiger partial charge is 0.0561 e. The molecule has 2 nitrogen and oxygen atoms in total. The molecule has 0 saturated carbocycles. The lowest BCUT2D eigenvalue weighted by Gasteiger charge is -2.25. The Hall–Kier alpha value is -6.38. The van der Waals surface area contributed by atoms with Crippen LogP contribution < -0.4 is 4.90 Å². The third-order valence-corrected chi connectivity index (χ3v) is 9.33. The number of anilines is 3. The Labute approximate surface area is 280 Å². The first-order valence-corrected chi connectivity index (χ1v) is 16.4. The summed E-state index contributed by atoms with van der Waals surface area (Å²) in [5.74, 6) is 0. The highest BCUT2D eigenvalue weighted by molar-refractivity contribution is 6.11. The van der Waals surface area contributed by atoms with Crippen molar-refractivity contribution in [3.63, 3.8) is 0 Å². The van der Waals surface area contributed by atoms with E-state index in [0.717, 1.165) is 22.7 Å². The van der Waals surface area contributed by atoms with Crippen molar-refractivity contribution < 1.29 is 0 Å². The first kappa shape index (κ1) is 27.9. The van der Waals surface area contributed by atoms with Gasteiger partial charge in [0.05, 0.1) is 11.0 Å². The second kappa shape index (κ2) is 11.8. The van der Waals surface area contributed by atoms with Crippen molar-refractivity contribution in [2.24, 2.45) is 0 Å². The van der Waals surface area contributed by atoms with Crippen molar-refractivity contribution in [3.05, 3.63) is 194 Å². The van der Waals surface area contributed by atoms with Gasteiger partial charge in [0.1, 0.15) is 0 Å². The molecule has 8 aromatic carbocycles. The van der Waals surface area contributed by atoms with Crippen LogP contribution in [-0.4, -0.2) is 4.57 Å². The van der Waals surface area contributed by atoms with Crippen LogP contribution >= 0.6 is 0 Å². The Balaban J connectivity index is 1.30. The van der Waals surface area contributed by atoms with Crippen molar-refractivity contribution in [2.45, 2.75) is 0 Å². The maximum atomic E-state index is 2.44. The maximum Gasteiger partial charge on any atom is 0.0561 e. The lowest BCUT2D eigenvalue weighted by atomic mass is 10.00. The Morgan fingerprint density at radius 1 is 0.312 bits per heavy atom. The molecule has 9 aromatic rings. The third kappa shape index (κ3) is 4.92. The first-order valence-electron chi connectivity index (χ1n) is 16.4. The van der Waals surface area contributed by atoms with Gasteiger partial charge in [0.15, 0.2) is 0 Å². The van der Waals surface area contributed by atoms with Gasteiger partial charge in [-0.25, -0.2) is 0 Å². The zero-order valence-electron chi connectivity index (χ0n) is 26.4. The molecule has 1 aromatic heterocycles. The standard InChI is InChI=1S/C46H32N2/c1-4-13-33(14-5-1)36-17-12-22-41(30-36)48-45-31-38(37-24-23-34-15-10-11-16-35(34)29-37)25-27-43(45)44-28-26-42(32-46(44)48)47(39-18-6-2-7-19-39)40-20-8-3-9-21-40/h1-32H. The number of hydrogen-bond acceptors (Lipinski definition) is 1. The van der Waals surface area contributed by atoms with Crippen LogP contribution in [0.2, 0.25) is 0 Å². The van der Waals surface area contributed by atoms with E-state index in [1.165, 1.54) is 54.8 Å². The fraction of sp³-hybridized carbons (Fsp3) is 0.